The molecular formula is C24H26F2N2O2. The molecule has 0 amide bonds. The molecule has 0 radical (unpaired) electrons. The molecule has 0 aliphatic rings. The number of aromatic hydroxyl groups is 1. The van der Waals surface area contributed by atoms with Crippen molar-refractivity contribution in [3.05, 3.63) is 77.9 Å². The summed E-state index contributed by atoms with van der Waals surface area (Å²) in [4.78, 5) is 1.98. The molecule has 0 aliphatic carbocycles. The van der Waals surface area contributed by atoms with Gasteiger partial charge < -0.3 is 20.1 Å². The second-order valence-corrected chi connectivity index (χ2v) is 7.34. The van der Waals surface area contributed by atoms with Gasteiger partial charge in [-0.3, -0.25) is 0 Å². The fourth-order valence-electron chi connectivity index (χ4n) is 3.09. The highest BCUT2D eigenvalue weighted by Crippen LogP contribution is 2.29. The Kier molecular flexibility index (Phi) is 7.25. The van der Waals surface area contributed by atoms with E-state index in [1.54, 1.807) is 6.07 Å². The van der Waals surface area contributed by atoms with Crippen molar-refractivity contribution in [1.82, 2.24) is 4.90 Å². The van der Waals surface area contributed by atoms with Crippen LogP contribution in [0, 0.1) is 11.6 Å². The molecule has 0 aliphatic heterocycles. The monoisotopic (exact) mass is 412 g/mol. The van der Waals surface area contributed by atoms with Crippen LogP contribution in [0.2, 0.25) is 0 Å². The number of anilines is 1. The zero-order valence-electron chi connectivity index (χ0n) is 17.2. The van der Waals surface area contributed by atoms with Gasteiger partial charge in [0, 0.05) is 36.5 Å². The molecule has 0 unspecified atom stereocenters. The fourth-order valence-corrected chi connectivity index (χ4v) is 3.09. The summed E-state index contributed by atoms with van der Waals surface area (Å²) in [5.41, 5.74) is 2.87. The van der Waals surface area contributed by atoms with Gasteiger partial charge in [0.05, 0.1) is 6.61 Å². The number of nitrogens with one attached hydrogen (secondary N) is 1. The lowest BCUT2D eigenvalue weighted by Gasteiger charge is -2.14. The molecule has 3 aromatic rings. The van der Waals surface area contributed by atoms with Crippen molar-refractivity contribution in [1.29, 1.82) is 0 Å². The Bertz CT molecular complexity index is 955. The van der Waals surface area contributed by atoms with Crippen molar-refractivity contribution < 1.29 is 18.6 Å². The lowest BCUT2D eigenvalue weighted by Crippen LogP contribution is -2.16. The van der Waals surface area contributed by atoms with E-state index in [1.165, 1.54) is 12.1 Å². The zero-order valence-corrected chi connectivity index (χ0v) is 17.2. The first-order chi connectivity index (χ1) is 14.4. The molecule has 30 heavy (non-hydrogen) atoms. The Hall–Kier alpha value is -3.12. The summed E-state index contributed by atoms with van der Waals surface area (Å²) in [6.07, 6.45) is 0.670. The highest BCUT2D eigenvalue weighted by Gasteiger charge is 2.13. The average Bonchev–Trinajstić information content (AvgIpc) is 2.72. The molecular weight excluding hydrogens is 386 g/mol. The molecule has 0 bridgehead atoms. The molecule has 0 saturated carbocycles. The first-order valence-corrected chi connectivity index (χ1v) is 9.82. The van der Waals surface area contributed by atoms with Crippen molar-refractivity contribution in [3.63, 3.8) is 0 Å². The standard InChI is InChI=1S/C24H26F2N2O2/c1-28(2)11-6-12-30-24-21(25)14-20(15-22(24)26)27-16-19-13-18(9-10-23(19)29)17-7-4-3-5-8-17/h3-5,7-10,13-15,27,29H,6,11-12,16H2,1-2H3. The van der Waals surface area contributed by atoms with E-state index in [4.69, 9.17) is 4.74 Å². The van der Waals surface area contributed by atoms with Crippen molar-refractivity contribution in [2.24, 2.45) is 0 Å². The summed E-state index contributed by atoms with van der Waals surface area (Å²) in [6.45, 7) is 1.22. The molecule has 0 saturated heterocycles. The van der Waals surface area contributed by atoms with Crippen molar-refractivity contribution in [3.8, 4) is 22.6 Å². The molecule has 0 atom stereocenters. The van der Waals surface area contributed by atoms with Crippen LogP contribution >= 0.6 is 0 Å². The van der Waals surface area contributed by atoms with E-state index in [1.807, 2.05) is 61.5 Å². The highest BCUT2D eigenvalue weighted by atomic mass is 19.1. The number of rotatable bonds is 9. The third kappa shape index (κ3) is 5.70. The molecule has 2 N–H and O–H groups in total. The van der Waals surface area contributed by atoms with E-state index in [-0.39, 0.29) is 30.3 Å². The third-order valence-corrected chi connectivity index (χ3v) is 4.66. The quantitative estimate of drug-likeness (QED) is 0.470. The number of hydrogen-bond acceptors (Lipinski definition) is 4. The lowest BCUT2D eigenvalue weighted by atomic mass is 10.0. The van der Waals surface area contributed by atoms with Crippen LogP contribution in [-0.4, -0.2) is 37.3 Å². The molecule has 4 nitrogen and oxygen atoms in total. The van der Waals surface area contributed by atoms with Crippen LogP contribution < -0.4 is 10.1 Å². The molecule has 6 heteroatoms. The minimum absolute atomic E-state index is 0.115. The SMILES string of the molecule is CN(C)CCCOc1c(F)cc(NCc2cc(-c3ccccc3)ccc2O)cc1F. The Labute approximate surface area is 175 Å². The van der Waals surface area contributed by atoms with Gasteiger partial charge in [-0.1, -0.05) is 36.4 Å². The van der Waals surface area contributed by atoms with Crippen molar-refractivity contribution in [2.45, 2.75) is 13.0 Å². The molecule has 0 aromatic heterocycles. The topological polar surface area (TPSA) is 44.7 Å². The van der Waals surface area contributed by atoms with Crippen LogP contribution in [0.3, 0.4) is 0 Å². The van der Waals surface area contributed by atoms with Crippen LogP contribution in [-0.2, 0) is 6.54 Å². The van der Waals surface area contributed by atoms with Crippen LogP contribution in [0.5, 0.6) is 11.5 Å². The van der Waals surface area contributed by atoms with E-state index in [2.05, 4.69) is 5.32 Å². The fraction of sp³-hybridized carbons (Fsp3) is 0.250. The van der Waals surface area contributed by atoms with Gasteiger partial charge in [-0.05, 0) is 43.8 Å². The first kappa shape index (κ1) is 21.6. The van der Waals surface area contributed by atoms with Crippen LogP contribution in [0.15, 0.2) is 60.7 Å². The number of nitrogens with zero attached hydrogens (tertiary/aromatic N) is 1. The number of halogens is 2. The maximum absolute atomic E-state index is 14.3. The van der Waals surface area contributed by atoms with Gasteiger partial charge in [-0.15, -0.1) is 0 Å². The summed E-state index contributed by atoms with van der Waals surface area (Å²) in [5.74, 6) is -1.77. The summed E-state index contributed by atoms with van der Waals surface area (Å²) in [5, 5.41) is 13.1. The van der Waals surface area contributed by atoms with Crippen LogP contribution in [0.4, 0.5) is 14.5 Å². The minimum Gasteiger partial charge on any atom is -0.508 e. The smallest absolute Gasteiger partial charge is 0.190 e. The van der Waals surface area contributed by atoms with Gasteiger partial charge in [-0.2, -0.15) is 0 Å². The van der Waals surface area contributed by atoms with Gasteiger partial charge in [-0.25, -0.2) is 8.78 Å². The summed E-state index contributed by atoms with van der Waals surface area (Å²) >= 11 is 0. The average molecular weight is 412 g/mol. The van der Waals surface area contributed by atoms with Gasteiger partial charge in [0.2, 0.25) is 0 Å². The van der Waals surface area contributed by atoms with Gasteiger partial charge in [0.25, 0.3) is 0 Å². The molecule has 3 aromatic carbocycles. The van der Waals surface area contributed by atoms with E-state index in [0.29, 0.717) is 12.0 Å². The molecule has 0 spiro atoms. The second kappa shape index (κ2) is 10.1. The number of phenols is 1. The first-order valence-electron chi connectivity index (χ1n) is 9.82. The molecule has 0 heterocycles. The van der Waals surface area contributed by atoms with E-state index in [9.17, 15) is 13.9 Å². The Morgan fingerprint density at radius 2 is 1.63 bits per heavy atom. The summed E-state index contributed by atoms with van der Waals surface area (Å²) in [6, 6.07) is 17.5. The van der Waals surface area contributed by atoms with E-state index < -0.39 is 11.6 Å². The predicted octanol–water partition coefficient (Wildman–Crippen LogP) is 5.28. The lowest BCUT2D eigenvalue weighted by molar-refractivity contribution is 0.260. The molecule has 0 fully saturated rings. The Morgan fingerprint density at radius 1 is 0.933 bits per heavy atom. The number of hydrogen-bond donors (Lipinski definition) is 2. The normalized spacial score (nSPS) is 11.0. The van der Waals surface area contributed by atoms with Crippen LogP contribution in [0.25, 0.3) is 11.1 Å². The molecule has 158 valence electrons. The van der Waals surface area contributed by atoms with E-state index >= 15 is 0 Å². The van der Waals surface area contributed by atoms with Gasteiger partial charge in [0.1, 0.15) is 5.75 Å². The third-order valence-electron chi connectivity index (χ3n) is 4.66. The summed E-state index contributed by atoms with van der Waals surface area (Å²) in [7, 11) is 3.85. The zero-order chi connectivity index (χ0) is 21.5. The summed E-state index contributed by atoms with van der Waals surface area (Å²) < 4.78 is 33.9. The largest absolute Gasteiger partial charge is 0.508 e. The number of benzene rings is 3. The van der Waals surface area contributed by atoms with Crippen molar-refractivity contribution in [2.75, 3.05) is 32.6 Å². The minimum atomic E-state index is -0.760. The van der Waals surface area contributed by atoms with E-state index in [0.717, 1.165) is 17.7 Å². The number of phenolic OH excluding ortho intramolecular Hbond substituents is 1. The maximum atomic E-state index is 14.3. The van der Waals surface area contributed by atoms with Crippen LogP contribution in [0.1, 0.15) is 12.0 Å². The highest BCUT2D eigenvalue weighted by molar-refractivity contribution is 5.65. The predicted molar refractivity (Wildman–Crippen MR) is 116 cm³/mol. The van der Waals surface area contributed by atoms with Gasteiger partial charge in [0.15, 0.2) is 17.4 Å². The second-order valence-electron chi connectivity index (χ2n) is 7.34. The van der Waals surface area contributed by atoms with Gasteiger partial charge >= 0.3 is 0 Å². The maximum Gasteiger partial charge on any atom is 0.190 e. The Morgan fingerprint density at radius 3 is 2.30 bits per heavy atom. The molecule has 3 rings (SSSR count). The van der Waals surface area contributed by atoms with Crippen molar-refractivity contribution >= 4 is 5.69 Å². The number of ether oxygens (including phenoxy) is 1. The Balaban J connectivity index is 1.67.